The summed E-state index contributed by atoms with van der Waals surface area (Å²) in [4.78, 5) is 11.8. The summed E-state index contributed by atoms with van der Waals surface area (Å²) in [5, 5.41) is 4.37. The minimum Gasteiger partial charge on any atom is -0.282 e. The highest BCUT2D eigenvalue weighted by Crippen LogP contribution is 2.38. The molecule has 1 aliphatic rings. The molecule has 0 aliphatic heterocycles. The van der Waals surface area contributed by atoms with E-state index in [0.29, 0.717) is 12.5 Å². The van der Waals surface area contributed by atoms with Gasteiger partial charge in [0.1, 0.15) is 5.82 Å². The number of hydrogen-bond donors (Lipinski definition) is 0. The first-order valence-corrected chi connectivity index (χ1v) is 5.36. The molecule has 0 amide bonds. The van der Waals surface area contributed by atoms with Crippen molar-refractivity contribution in [3.8, 4) is 0 Å². The maximum absolute atomic E-state index is 11.8. The van der Waals surface area contributed by atoms with Crippen molar-refractivity contribution < 1.29 is 0 Å². The molecule has 4 nitrogen and oxygen atoms in total. The van der Waals surface area contributed by atoms with Crippen molar-refractivity contribution >= 4 is 0 Å². The van der Waals surface area contributed by atoms with Crippen molar-refractivity contribution in [3.05, 3.63) is 28.0 Å². The molecule has 1 saturated carbocycles. The smallest absolute Gasteiger partial charge is 0.282 e. The van der Waals surface area contributed by atoms with Crippen LogP contribution in [0.4, 0.5) is 0 Å². The van der Waals surface area contributed by atoms with E-state index in [1.807, 2.05) is 27.0 Å². The van der Waals surface area contributed by atoms with E-state index in [9.17, 15) is 4.79 Å². The molecular weight excluding hydrogens is 190 g/mol. The molecule has 1 heterocycles. The molecule has 15 heavy (non-hydrogen) atoms. The summed E-state index contributed by atoms with van der Waals surface area (Å²) in [5.41, 5.74) is 1.20. The second kappa shape index (κ2) is 3.68. The molecule has 0 saturated heterocycles. The van der Waals surface area contributed by atoms with Crippen LogP contribution >= 0.6 is 0 Å². The molecule has 1 aromatic heterocycles. The van der Waals surface area contributed by atoms with Gasteiger partial charge in [-0.25, -0.2) is 9.48 Å². The zero-order valence-corrected chi connectivity index (χ0v) is 9.53. The van der Waals surface area contributed by atoms with Gasteiger partial charge in [-0.05, 0) is 26.7 Å². The number of allylic oxidation sites excluding steroid dienone is 2. The van der Waals surface area contributed by atoms with Gasteiger partial charge in [0.15, 0.2) is 0 Å². The maximum atomic E-state index is 11.8. The first-order chi connectivity index (χ1) is 7.09. The molecule has 1 aliphatic carbocycles. The lowest BCUT2D eigenvalue weighted by Gasteiger charge is -1.93. The van der Waals surface area contributed by atoms with Crippen molar-refractivity contribution in [1.29, 1.82) is 0 Å². The van der Waals surface area contributed by atoms with E-state index >= 15 is 0 Å². The Morgan fingerprint density at radius 1 is 1.53 bits per heavy atom. The fourth-order valence-corrected chi connectivity index (χ4v) is 1.59. The van der Waals surface area contributed by atoms with Crippen molar-refractivity contribution in [1.82, 2.24) is 14.3 Å². The Kier molecular flexibility index (Phi) is 2.50. The van der Waals surface area contributed by atoms with Crippen LogP contribution in [-0.2, 0) is 13.6 Å². The van der Waals surface area contributed by atoms with E-state index < -0.39 is 0 Å². The lowest BCUT2D eigenvalue weighted by atomic mass is 10.3. The molecular formula is C11H17N3O. The fraction of sp³-hybridized carbons (Fsp3) is 0.636. The molecule has 0 aromatic carbocycles. The minimum absolute atomic E-state index is 0.00519. The molecule has 1 fully saturated rings. The third-order valence-electron chi connectivity index (χ3n) is 2.69. The van der Waals surface area contributed by atoms with Crippen LogP contribution in [-0.4, -0.2) is 14.3 Å². The number of aromatic nitrogens is 3. The normalized spacial score (nSPS) is 15.4. The van der Waals surface area contributed by atoms with Gasteiger partial charge in [-0.3, -0.25) is 4.57 Å². The highest BCUT2D eigenvalue weighted by Gasteiger charge is 2.29. The Morgan fingerprint density at radius 3 is 2.73 bits per heavy atom. The van der Waals surface area contributed by atoms with Crippen LogP contribution in [0.15, 0.2) is 16.4 Å². The average Bonchev–Trinajstić information content (AvgIpc) is 2.96. The third-order valence-corrected chi connectivity index (χ3v) is 2.69. The summed E-state index contributed by atoms with van der Waals surface area (Å²) in [6.07, 6.45) is 4.37. The Bertz CT molecular complexity index is 445. The molecule has 4 heteroatoms. The molecule has 0 atom stereocenters. The van der Waals surface area contributed by atoms with Crippen LogP contribution in [0.3, 0.4) is 0 Å². The molecule has 0 spiro atoms. The second-order valence-corrected chi connectivity index (χ2v) is 4.44. The highest BCUT2D eigenvalue weighted by molar-refractivity contribution is 5.05. The number of nitrogens with zero attached hydrogens (tertiary/aromatic N) is 3. The summed E-state index contributed by atoms with van der Waals surface area (Å²) in [6.45, 7) is 4.63. The summed E-state index contributed by atoms with van der Waals surface area (Å²) in [7, 11) is 1.81. The second-order valence-electron chi connectivity index (χ2n) is 4.44. The Hall–Kier alpha value is -1.32. The predicted molar refractivity (Wildman–Crippen MR) is 58.9 cm³/mol. The van der Waals surface area contributed by atoms with E-state index in [2.05, 4.69) is 5.10 Å². The van der Waals surface area contributed by atoms with E-state index in [1.165, 1.54) is 18.4 Å². The first-order valence-electron chi connectivity index (χ1n) is 5.36. The zero-order chi connectivity index (χ0) is 11.0. The highest BCUT2D eigenvalue weighted by atomic mass is 16.2. The fourth-order valence-electron chi connectivity index (χ4n) is 1.59. The quantitative estimate of drug-likeness (QED) is 0.703. The Labute approximate surface area is 89.2 Å². The van der Waals surface area contributed by atoms with Crippen molar-refractivity contribution in [2.45, 2.75) is 39.2 Å². The van der Waals surface area contributed by atoms with Gasteiger partial charge in [-0.15, -0.1) is 0 Å². The van der Waals surface area contributed by atoms with Gasteiger partial charge in [0.25, 0.3) is 0 Å². The van der Waals surface area contributed by atoms with Gasteiger partial charge in [0.2, 0.25) is 0 Å². The van der Waals surface area contributed by atoms with Crippen LogP contribution in [0, 0.1) is 0 Å². The first kappa shape index (κ1) is 10.2. The molecule has 0 bridgehead atoms. The van der Waals surface area contributed by atoms with Crippen molar-refractivity contribution in [3.63, 3.8) is 0 Å². The van der Waals surface area contributed by atoms with Crippen molar-refractivity contribution in [2.24, 2.45) is 7.05 Å². The topological polar surface area (TPSA) is 39.8 Å². The molecule has 2 rings (SSSR count). The lowest BCUT2D eigenvalue weighted by molar-refractivity contribution is 0.654. The van der Waals surface area contributed by atoms with Crippen LogP contribution in [0.1, 0.15) is 38.4 Å². The summed E-state index contributed by atoms with van der Waals surface area (Å²) in [5.74, 6) is 1.47. The third kappa shape index (κ3) is 2.03. The maximum Gasteiger partial charge on any atom is 0.345 e. The van der Waals surface area contributed by atoms with Gasteiger partial charge >= 0.3 is 5.69 Å². The molecule has 0 N–H and O–H groups in total. The van der Waals surface area contributed by atoms with Crippen LogP contribution in [0.2, 0.25) is 0 Å². The molecule has 0 radical (unpaired) electrons. The monoisotopic (exact) mass is 207 g/mol. The van der Waals surface area contributed by atoms with E-state index in [4.69, 9.17) is 0 Å². The molecule has 1 aromatic rings. The summed E-state index contributed by atoms with van der Waals surface area (Å²) >= 11 is 0. The summed E-state index contributed by atoms with van der Waals surface area (Å²) in [6, 6.07) is 0. The van der Waals surface area contributed by atoms with E-state index in [0.717, 1.165) is 5.82 Å². The summed E-state index contributed by atoms with van der Waals surface area (Å²) < 4.78 is 3.22. The van der Waals surface area contributed by atoms with E-state index in [1.54, 1.807) is 9.25 Å². The zero-order valence-electron chi connectivity index (χ0n) is 9.53. The van der Waals surface area contributed by atoms with Gasteiger partial charge in [0, 0.05) is 13.0 Å². The van der Waals surface area contributed by atoms with Gasteiger partial charge < -0.3 is 0 Å². The molecule has 0 unspecified atom stereocenters. The van der Waals surface area contributed by atoms with Crippen LogP contribution in [0.5, 0.6) is 0 Å². The lowest BCUT2D eigenvalue weighted by Crippen LogP contribution is -2.22. The van der Waals surface area contributed by atoms with Crippen molar-refractivity contribution in [2.75, 3.05) is 0 Å². The SMILES string of the molecule is CC(C)=CCn1nc(C2CC2)n(C)c1=O. The standard InChI is InChI=1S/C11H17N3O/c1-8(2)6-7-14-11(15)13(3)10(12-14)9-4-5-9/h6,9H,4-5,7H2,1-3H3. The Balaban J connectivity index is 2.28. The Morgan fingerprint density at radius 2 is 2.20 bits per heavy atom. The van der Waals surface area contributed by atoms with Gasteiger partial charge in [0.05, 0.1) is 6.54 Å². The largest absolute Gasteiger partial charge is 0.345 e. The minimum atomic E-state index is -0.00519. The number of rotatable bonds is 3. The average molecular weight is 207 g/mol. The predicted octanol–water partition coefficient (Wildman–Crippen LogP) is 1.43. The van der Waals surface area contributed by atoms with E-state index in [-0.39, 0.29) is 5.69 Å². The van der Waals surface area contributed by atoms with Crippen LogP contribution in [0.25, 0.3) is 0 Å². The number of hydrogen-bond acceptors (Lipinski definition) is 2. The molecule has 82 valence electrons. The van der Waals surface area contributed by atoms with Gasteiger partial charge in [-0.2, -0.15) is 5.10 Å². The van der Waals surface area contributed by atoms with Gasteiger partial charge in [-0.1, -0.05) is 11.6 Å². The van der Waals surface area contributed by atoms with Crippen LogP contribution < -0.4 is 5.69 Å².